The molecule has 9 N–H and O–H groups in total. The first-order valence-electron chi connectivity index (χ1n) is 22.1. The van der Waals surface area contributed by atoms with Crippen molar-refractivity contribution in [3.63, 3.8) is 0 Å². The number of nitrogens with two attached hydrogens (primary N) is 2. The lowest BCUT2D eigenvalue weighted by Gasteiger charge is -2.35. The summed E-state index contributed by atoms with van der Waals surface area (Å²) in [6.07, 6.45) is 3.17. The molecule has 0 radical (unpaired) electrons. The first kappa shape index (κ1) is 60.0. The van der Waals surface area contributed by atoms with Crippen molar-refractivity contribution in [3.05, 3.63) is 128 Å². The number of nitrogens with one attached hydrogen (secondary N) is 5. The highest BCUT2D eigenvalue weighted by molar-refractivity contribution is 6.42. The summed E-state index contributed by atoms with van der Waals surface area (Å²) in [5.74, 6) is -0.0827. The van der Waals surface area contributed by atoms with Gasteiger partial charge in [-0.3, -0.25) is 64.3 Å². The summed E-state index contributed by atoms with van der Waals surface area (Å²) in [6, 6.07) is 20.3. The first-order chi connectivity index (χ1) is 33.7. The van der Waals surface area contributed by atoms with Crippen LogP contribution in [0.4, 0.5) is 0 Å². The van der Waals surface area contributed by atoms with Gasteiger partial charge >= 0.3 is 23.6 Å². The second-order valence-electron chi connectivity index (χ2n) is 17.5. The van der Waals surface area contributed by atoms with Gasteiger partial charge in [-0.25, -0.2) is 21.3 Å². The maximum Gasteiger partial charge on any atom is 0.329 e. The molecule has 0 spiro atoms. The fourth-order valence-electron chi connectivity index (χ4n) is 6.64. The average Bonchev–Trinajstić information content (AvgIpc) is 3.34. The van der Waals surface area contributed by atoms with Gasteiger partial charge in [0.2, 0.25) is 0 Å². The maximum atomic E-state index is 13.5. The van der Waals surface area contributed by atoms with Gasteiger partial charge in [-0.2, -0.15) is 5.10 Å². The SMILES string of the molecule is CCc1c(OC)cccc1C(=O)NN(C(=O)c1cc(C)cc(/C=N/NC(=O)C(N)=O)c1)C(C)(C)C.CCc1c(OC)cccc1C(=O)NN(C(=O)c1cc(C)cc(C=O)c1)C(C)(C)C.NNC(=O)C(=O)NCl. The molecule has 0 atom stereocenters. The van der Waals surface area contributed by atoms with E-state index < -0.39 is 58.3 Å². The first-order valence-corrected chi connectivity index (χ1v) is 22.5. The standard InChI is InChI=1S/C25H31N5O5.C23H28N2O4.C2H4ClN3O2/c1-7-18-19(9-8-10-20(18)35-6)22(32)29-30(25(3,4)5)24(34)17-12-15(2)11-16(13-17)14-27-28-23(33)21(26)31;1-7-18-19(9-8-10-20(18)29-6)21(27)24-25(23(3,4)5)22(28)17-12-15(2)11-16(13-17)14-26;3-5-1(7)2(8)6-4/h8-14H,7H2,1-6H3,(H2,26,31)(H,28,33)(H,29,32);8-14H,7H2,1-6H3,(H,24,27);4H2,(H,5,7)(H,6,8)/b27-14+;;. The number of hydrazone groups is 1. The Bertz CT molecular complexity index is 2680. The van der Waals surface area contributed by atoms with Crippen LogP contribution in [0.25, 0.3) is 0 Å². The molecule has 0 saturated heterocycles. The number of primary amides is 1. The largest absolute Gasteiger partial charge is 0.496 e. The number of hydrazine groups is 3. The van der Waals surface area contributed by atoms with Crippen LogP contribution < -0.4 is 47.6 Å². The van der Waals surface area contributed by atoms with Crippen LogP contribution in [0.2, 0.25) is 0 Å². The third-order valence-electron chi connectivity index (χ3n) is 9.93. The number of hydrogen-bond acceptors (Lipinski definition) is 13. The lowest BCUT2D eigenvalue weighted by atomic mass is 10.0. The molecule has 0 saturated carbocycles. The summed E-state index contributed by atoms with van der Waals surface area (Å²) in [4.78, 5) is 108. The molecule has 22 heteroatoms. The molecule has 0 aliphatic heterocycles. The van der Waals surface area contributed by atoms with E-state index in [4.69, 9.17) is 27.0 Å². The van der Waals surface area contributed by atoms with Gasteiger partial charge in [0, 0.05) is 50.7 Å². The Hall–Kier alpha value is -8.17. The fourth-order valence-corrected chi connectivity index (χ4v) is 6.73. The Morgan fingerprint density at radius 2 is 1.07 bits per heavy atom. The molecule has 0 aliphatic rings. The number of nitrogens with zero attached hydrogens (tertiary/aromatic N) is 3. The number of aldehydes is 1. The Balaban J connectivity index is 0.000000433. The van der Waals surface area contributed by atoms with Crippen LogP contribution in [0.3, 0.4) is 0 Å². The molecule has 21 nitrogen and oxygen atoms in total. The van der Waals surface area contributed by atoms with Gasteiger partial charge in [0.15, 0.2) is 0 Å². The number of rotatable bonds is 11. The average molecular weight is 1020 g/mol. The molecule has 4 aromatic rings. The third kappa shape index (κ3) is 17.1. The highest BCUT2D eigenvalue weighted by atomic mass is 35.5. The predicted octanol–water partition coefficient (Wildman–Crippen LogP) is 4.30. The molecule has 0 fully saturated rings. The van der Waals surface area contributed by atoms with Crippen molar-refractivity contribution in [2.75, 3.05) is 14.2 Å². The Morgan fingerprint density at radius 1 is 0.653 bits per heavy atom. The van der Waals surface area contributed by atoms with Crippen LogP contribution in [0.5, 0.6) is 11.5 Å². The molecule has 0 aliphatic carbocycles. The molecule has 0 unspecified atom stereocenters. The Morgan fingerprint density at radius 3 is 1.40 bits per heavy atom. The predicted molar refractivity (Wildman–Crippen MR) is 271 cm³/mol. The van der Waals surface area contributed by atoms with Gasteiger partial charge in [0.25, 0.3) is 23.6 Å². The van der Waals surface area contributed by atoms with Crippen molar-refractivity contribution in [1.82, 2.24) is 36.6 Å². The van der Waals surface area contributed by atoms with Crippen LogP contribution in [0.15, 0.2) is 77.9 Å². The highest BCUT2D eigenvalue weighted by Crippen LogP contribution is 2.26. The number of hydrogen-bond donors (Lipinski definition) is 7. The summed E-state index contributed by atoms with van der Waals surface area (Å²) < 4.78 is 10.7. The molecule has 386 valence electrons. The van der Waals surface area contributed by atoms with Gasteiger partial charge in [-0.1, -0.05) is 32.0 Å². The number of carbonyl (C=O) groups excluding carboxylic acids is 9. The van der Waals surface area contributed by atoms with Crippen LogP contribution in [0.1, 0.15) is 135 Å². The van der Waals surface area contributed by atoms with Crippen molar-refractivity contribution in [2.24, 2.45) is 16.7 Å². The number of ether oxygens (including phenoxy) is 2. The monoisotopic (exact) mass is 1010 g/mol. The summed E-state index contributed by atoms with van der Waals surface area (Å²) >= 11 is 4.71. The summed E-state index contributed by atoms with van der Waals surface area (Å²) in [5.41, 5.74) is 18.0. The fraction of sp³-hybridized carbons (Fsp3) is 0.320. The zero-order chi connectivity index (χ0) is 54.7. The van der Waals surface area contributed by atoms with E-state index in [1.54, 1.807) is 119 Å². The number of halogens is 1. The van der Waals surface area contributed by atoms with E-state index >= 15 is 0 Å². The number of methoxy groups -OCH3 is 2. The molecular weight excluding hydrogens is 952 g/mol. The van der Waals surface area contributed by atoms with Crippen LogP contribution >= 0.6 is 11.8 Å². The molecule has 0 heterocycles. The van der Waals surface area contributed by atoms with Gasteiger partial charge in [-0.05, 0) is 140 Å². The topological polar surface area (TPSA) is 303 Å². The van der Waals surface area contributed by atoms with Gasteiger partial charge < -0.3 is 15.2 Å². The quantitative estimate of drug-likeness (QED) is 0.0211. The minimum Gasteiger partial charge on any atom is -0.496 e. The highest BCUT2D eigenvalue weighted by Gasteiger charge is 2.32. The summed E-state index contributed by atoms with van der Waals surface area (Å²) in [5, 5.41) is 6.27. The van der Waals surface area contributed by atoms with Crippen LogP contribution in [-0.4, -0.2) is 95.1 Å². The van der Waals surface area contributed by atoms with E-state index in [2.05, 4.69) is 21.8 Å². The minimum absolute atomic E-state index is 0.296. The Labute approximate surface area is 423 Å². The number of benzene rings is 4. The lowest BCUT2D eigenvalue weighted by molar-refractivity contribution is -0.138. The molecule has 0 aromatic heterocycles. The second-order valence-corrected chi connectivity index (χ2v) is 17.7. The van der Waals surface area contributed by atoms with Crippen molar-refractivity contribution < 1.29 is 52.6 Å². The Kier molecular flexibility index (Phi) is 22.7. The van der Waals surface area contributed by atoms with Crippen molar-refractivity contribution >= 4 is 71.5 Å². The second kappa shape index (κ2) is 27.3. The zero-order valence-electron chi connectivity index (χ0n) is 42.4. The van der Waals surface area contributed by atoms with E-state index in [-0.39, 0.29) is 0 Å². The van der Waals surface area contributed by atoms with E-state index in [1.165, 1.54) is 22.3 Å². The van der Waals surface area contributed by atoms with E-state index in [0.717, 1.165) is 22.3 Å². The molecule has 0 bridgehead atoms. The van der Waals surface area contributed by atoms with E-state index in [9.17, 15) is 43.2 Å². The molecule has 8 amide bonds. The van der Waals surface area contributed by atoms with Crippen molar-refractivity contribution in [2.45, 2.75) is 93.2 Å². The number of aryl methyl sites for hydroxylation is 2. The van der Waals surface area contributed by atoms with Crippen LogP contribution in [-0.2, 0) is 32.0 Å². The molecule has 4 aromatic carbocycles. The third-order valence-corrected chi connectivity index (χ3v) is 10.1. The van der Waals surface area contributed by atoms with E-state index in [1.807, 2.05) is 47.0 Å². The molecule has 4 rings (SSSR count). The van der Waals surface area contributed by atoms with Gasteiger partial charge in [-0.15, -0.1) is 0 Å². The van der Waals surface area contributed by atoms with Crippen molar-refractivity contribution in [1.29, 1.82) is 0 Å². The van der Waals surface area contributed by atoms with Gasteiger partial charge in [0.1, 0.15) is 17.8 Å². The number of carbonyl (C=O) groups is 9. The van der Waals surface area contributed by atoms with Crippen molar-refractivity contribution in [3.8, 4) is 11.5 Å². The van der Waals surface area contributed by atoms with Crippen LogP contribution in [0, 0.1) is 13.8 Å². The molecular formula is C50H63ClN10O11. The normalized spacial score (nSPS) is 10.7. The van der Waals surface area contributed by atoms with E-state index in [0.29, 0.717) is 64.0 Å². The van der Waals surface area contributed by atoms with Gasteiger partial charge in [0.05, 0.1) is 31.5 Å². The molecule has 72 heavy (non-hydrogen) atoms. The lowest BCUT2D eigenvalue weighted by Crippen LogP contribution is -2.56. The maximum absolute atomic E-state index is 13.5. The zero-order valence-corrected chi connectivity index (χ0v) is 43.1. The smallest absolute Gasteiger partial charge is 0.329 e. The number of amides is 8. The summed E-state index contributed by atoms with van der Waals surface area (Å²) in [7, 11) is 3.10. The summed E-state index contributed by atoms with van der Waals surface area (Å²) in [6.45, 7) is 18.3. The minimum atomic E-state index is -1.17.